The van der Waals surface area contributed by atoms with Gasteiger partial charge in [0.05, 0.1) is 11.3 Å². The summed E-state index contributed by atoms with van der Waals surface area (Å²) in [6.45, 7) is 1.79. The molecule has 2 nitrogen and oxygen atoms in total. The van der Waals surface area contributed by atoms with Crippen molar-refractivity contribution in [2.45, 2.75) is 19.1 Å². The maximum absolute atomic E-state index is 12.9. The van der Waals surface area contributed by atoms with Gasteiger partial charge in [-0.25, -0.2) is 0 Å². The second kappa shape index (κ2) is 5.54. The van der Waals surface area contributed by atoms with E-state index in [-0.39, 0.29) is 11.7 Å². The lowest BCUT2D eigenvalue weighted by molar-refractivity contribution is -0.136. The lowest BCUT2D eigenvalue weighted by atomic mass is 10.1. The Hall–Kier alpha value is -2.01. The third-order valence-electron chi connectivity index (χ3n) is 2.95. The molecule has 2 aromatic rings. The van der Waals surface area contributed by atoms with Crippen LogP contribution in [0.4, 0.5) is 24.5 Å². The molecule has 0 radical (unpaired) electrons. The van der Waals surface area contributed by atoms with Crippen molar-refractivity contribution in [2.24, 2.45) is 5.73 Å². The summed E-state index contributed by atoms with van der Waals surface area (Å²) in [5.74, 6) is 0. The van der Waals surface area contributed by atoms with Crippen LogP contribution in [-0.4, -0.2) is 0 Å². The fourth-order valence-electron chi connectivity index (χ4n) is 1.99. The summed E-state index contributed by atoms with van der Waals surface area (Å²) in [4.78, 5) is 0. The molecule has 0 bridgehead atoms. The van der Waals surface area contributed by atoms with Crippen molar-refractivity contribution in [3.05, 3.63) is 59.7 Å². The third-order valence-corrected chi connectivity index (χ3v) is 2.95. The molecule has 1 unspecified atom stereocenters. The van der Waals surface area contributed by atoms with Gasteiger partial charge in [-0.15, -0.1) is 0 Å². The van der Waals surface area contributed by atoms with Crippen LogP contribution < -0.4 is 11.1 Å². The first-order chi connectivity index (χ1) is 9.39. The first-order valence-corrected chi connectivity index (χ1v) is 6.17. The molecule has 20 heavy (non-hydrogen) atoms. The molecule has 1 atom stereocenters. The highest BCUT2D eigenvalue weighted by Gasteiger charge is 2.33. The number of nitrogens with two attached hydrogens (primary N) is 1. The zero-order valence-corrected chi connectivity index (χ0v) is 10.9. The molecule has 0 aromatic heterocycles. The molecular weight excluding hydrogens is 265 g/mol. The molecule has 0 saturated carbocycles. The van der Waals surface area contributed by atoms with Gasteiger partial charge in [0.15, 0.2) is 0 Å². The molecule has 0 saturated heterocycles. The van der Waals surface area contributed by atoms with Crippen LogP contribution in [0, 0.1) is 0 Å². The van der Waals surface area contributed by atoms with E-state index in [1.54, 1.807) is 37.3 Å². The molecule has 3 N–H and O–H groups in total. The van der Waals surface area contributed by atoms with Crippen molar-refractivity contribution in [1.29, 1.82) is 0 Å². The van der Waals surface area contributed by atoms with Crippen LogP contribution in [0.3, 0.4) is 0 Å². The van der Waals surface area contributed by atoms with Crippen molar-refractivity contribution in [3.63, 3.8) is 0 Å². The third kappa shape index (κ3) is 3.11. The molecule has 2 aromatic carbocycles. The van der Waals surface area contributed by atoms with Gasteiger partial charge in [0.25, 0.3) is 0 Å². The van der Waals surface area contributed by atoms with Crippen LogP contribution >= 0.6 is 0 Å². The van der Waals surface area contributed by atoms with Crippen molar-refractivity contribution in [1.82, 2.24) is 0 Å². The van der Waals surface area contributed by atoms with E-state index < -0.39 is 11.7 Å². The van der Waals surface area contributed by atoms with Crippen LogP contribution in [0.25, 0.3) is 0 Å². The molecule has 0 amide bonds. The van der Waals surface area contributed by atoms with Gasteiger partial charge in [0.2, 0.25) is 0 Å². The normalized spacial score (nSPS) is 13.1. The van der Waals surface area contributed by atoms with Crippen LogP contribution in [0.2, 0.25) is 0 Å². The van der Waals surface area contributed by atoms with Crippen LogP contribution in [-0.2, 0) is 6.18 Å². The van der Waals surface area contributed by atoms with Gasteiger partial charge < -0.3 is 11.1 Å². The van der Waals surface area contributed by atoms with Crippen LogP contribution in [0.1, 0.15) is 24.1 Å². The Kier molecular flexibility index (Phi) is 3.99. The number of hydrogen-bond donors (Lipinski definition) is 2. The predicted molar refractivity (Wildman–Crippen MR) is 73.8 cm³/mol. The molecule has 0 spiro atoms. The van der Waals surface area contributed by atoms with E-state index in [2.05, 4.69) is 5.32 Å². The minimum absolute atomic E-state index is 0.0214. The Bertz CT molecular complexity index is 592. The van der Waals surface area contributed by atoms with E-state index in [9.17, 15) is 13.2 Å². The number of halogens is 3. The van der Waals surface area contributed by atoms with Crippen molar-refractivity contribution in [2.75, 3.05) is 5.32 Å². The average Bonchev–Trinajstić information content (AvgIpc) is 2.38. The van der Waals surface area contributed by atoms with E-state index in [4.69, 9.17) is 5.73 Å². The molecule has 0 fully saturated rings. The predicted octanol–water partition coefficient (Wildman–Crippen LogP) is 4.47. The molecule has 106 valence electrons. The van der Waals surface area contributed by atoms with Gasteiger partial charge in [0, 0.05) is 11.7 Å². The zero-order chi connectivity index (χ0) is 14.8. The standard InChI is InChI=1S/C15H15F3N2/c1-10(19)11-6-2-4-8-13(11)20-14-9-5-3-7-12(14)15(16,17)18/h2-10,20H,19H2,1H3. The number of anilines is 2. The van der Waals surface area contributed by atoms with Gasteiger partial charge in [-0.2, -0.15) is 13.2 Å². The van der Waals surface area contributed by atoms with E-state index >= 15 is 0 Å². The van der Waals surface area contributed by atoms with Crippen molar-refractivity contribution < 1.29 is 13.2 Å². The van der Waals surface area contributed by atoms with Gasteiger partial charge in [-0.1, -0.05) is 30.3 Å². The smallest absolute Gasteiger partial charge is 0.355 e. The topological polar surface area (TPSA) is 38.0 Å². The Labute approximate surface area is 115 Å². The Balaban J connectivity index is 2.41. The zero-order valence-electron chi connectivity index (χ0n) is 10.9. The Morgan fingerprint density at radius 1 is 0.950 bits per heavy atom. The number of benzene rings is 2. The maximum Gasteiger partial charge on any atom is 0.418 e. The molecule has 2 rings (SSSR count). The SMILES string of the molecule is CC(N)c1ccccc1Nc1ccccc1C(F)(F)F. The summed E-state index contributed by atoms with van der Waals surface area (Å²) in [5, 5.41) is 2.83. The fraction of sp³-hybridized carbons (Fsp3) is 0.200. The summed E-state index contributed by atoms with van der Waals surface area (Å²) in [7, 11) is 0. The van der Waals surface area contributed by atoms with Gasteiger partial charge >= 0.3 is 6.18 Å². The largest absolute Gasteiger partial charge is 0.418 e. The van der Waals surface area contributed by atoms with Gasteiger partial charge in [0.1, 0.15) is 0 Å². The van der Waals surface area contributed by atoms with Crippen molar-refractivity contribution >= 4 is 11.4 Å². The lowest BCUT2D eigenvalue weighted by Gasteiger charge is -2.18. The second-order valence-electron chi connectivity index (χ2n) is 4.54. The maximum atomic E-state index is 12.9. The summed E-state index contributed by atoms with van der Waals surface area (Å²) in [6, 6.07) is 12.2. The minimum atomic E-state index is -4.40. The van der Waals surface area contributed by atoms with E-state index in [0.717, 1.165) is 11.6 Å². The minimum Gasteiger partial charge on any atom is -0.355 e. The highest BCUT2D eigenvalue weighted by atomic mass is 19.4. The molecule has 0 aliphatic rings. The second-order valence-corrected chi connectivity index (χ2v) is 4.54. The van der Waals surface area contributed by atoms with Crippen LogP contribution in [0.5, 0.6) is 0 Å². The summed E-state index contributed by atoms with van der Waals surface area (Å²) >= 11 is 0. The molecule has 5 heteroatoms. The summed E-state index contributed by atoms with van der Waals surface area (Å²) in [6.07, 6.45) is -4.40. The lowest BCUT2D eigenvalue weighted by Crippen LogP contribution is -2.11. The molecule has 0 aliphatic heterocycles. The monoisotopic (exact) mass is 280 g/mol. The average molecular weight is 280 g/mol. The number of nitrogens with one attached hydrogen (secondary N) is 1. The molecule has 0 aliphatic carbocycles. The fourth-order valence-corrected chi connectivity index (χ4v) is 1.99. The van der Waals surface area contributed by atoms with E-state index in [1.165, 1.54) is 12.1 Å². The highest BCUT2D eigenvalue weighted by Crippen LogP contribution is 2.36. The van der Waals surface area contributed by atoms with Crippen LogP contribution in [0.15, 0.2) is 48.5 Å². The number of hydrogen-bond acceptors (Lipinski definition) is 2. The summed E-state index contributed by atoms with van der Waals surface area (Å²) in [5.41, 5.74) is 6.51. The van der Waals surface area contributed by atoms with Gasteiger partial charge in [-0.05, 0) is 30.7 Å². The quantitative estimate of drug-likeness (QED) is 0.870. The Morgan fingerprint density at radius 2 is 1.50 bits per heavy atom. The highest BCUT2D eigenvalue weighted by molar-refractivity contribution is 5.67. The number of alkyl halides is 3. The van der Waals surface area contributed by atoms with E-state index in [0.29, 0.717) is 5.69 Å². The van der Waals surface area contributed by atoms with Crippen molar-refractivity contribution in [3.8, 4) is 0 Å². The Morgan fingerprint density at radius 3 is 2.10 bits per heavy atom. The number of para-hydroxylation sites is 2. The first-order valence-electron chi connectivity index (χ1n) is 6.17. The molecule has 0 heterocycles. The van der Waals surface area contributed by atoms with E-state index in [1.807, 2.05) is 0 Å². The van der Waals surface area contributed by atoms with Gasteiger partial charge in [-0.3, -0.25) is 0 Å². The first kappa shape index (κ1) is 14.4. The number of rotatable bonds is 3. The molecular formula is C15H15F3N2. The summed E-state index contributed by atoms with van der Waals surface area (Å²) < 4.78 is 38.8.